The average molecular weight is 365 g/mol. The molecule has 0 saturated carbocycles. The molecule has 8 heteroatoms. The third-order valence-electron chi connectivity index (χ3n) is 4.22. The molecule has 8 nitrogen and oxygen atoms in total. The second kappa shape index (κ2) is 9.74. The summed E-state index contributed by atoms with van der Waals surface area (Å²) in [6, 6.07) is 5.65. The van der Waals surface area contributed by atoms with Gasteiger partial charge in [0.05, 0.1) is 20.8 Å². The molecule has 1 aromatic carbocycles. The third-order valence-corrected chi connectivity index (χ3v) is 4.22. The molecular weight excluding hydrogens is 338 g/mol. The molecule has 0 atom stereocenters. The largest absolute Gasteiger partial charge is 0.493 e. The highest BCUT2D eigenvalue weighted by molar-refractivity contribution is 5.75. The summed E-state index contributed by atoms with van der Waals surface area (Å²) in [6.07, 6.45) is 0.339. The second-order valence-electron chi connectivity index (χ2n) is 5.84. The zero-order chi connectivity index (χ0) is 18.9. The average Bonchev–Trinajstić information content (AvgIpc) is 2.68. The van der Waals surface area contributed by atoms with Crippen molar-refractivity contribution in [1.82, 2.24) is 15.1 Å². The molecular formula is C18H27N3O5. The summed E-state index contributed by atoms with van der Waals surface area (Å²) < 4.78 is 15.5. The number of urea groups is 1. The van der Waals surface area contributed by atoms with E-state index in [1.54, 1.807) is 16.9 Å². The number of hydrogen-bond acceptors (Lipinski definition) is 5. The quantitative estimate of drug-likeness (QED) is 0.830. The van der Waals surface area contributed by atoms with Gasteiger partial charge in [-0.3, -0.25) is 0 Å². The zero-order valence-electron chi connectivity index (χ0n) is 15.6. The fourth-order valence-corrected chi connectivity index (χ4v) is 2.79. The minimum atomic E-state index is -0.352. The van der Waals surface area contributed by atoms with E-state index in [9.17, 15) is 9.59 Å². The van der Waals surface area contributed by atoms with Crippen LogP contribution >= 0.6 is 0 Å². The van der Waals surface area contributed by atoms with E-state index in [1.165, 1.54) is 7.11 Å². The van der Waals surface area contributed by atoms with E-state index in [1.807, 2.05) is 25.1 Å². The molecule has 26 heavy (non-hydrogen) atoms. The smallest absolute Gasteiger partial charge is 0.409 e. The zero-order valence-corrected chi connectivity index (χ0v) is 15.6. The van der Waals surface area contributed by atoms with E-state index < -0.39 is 0 Å². The van der Waals surface area contributed by atoms with Gasteiger partial charge in [0.25, 0.3) is 0 Å². The fraction of sp³-hybridized carbons (Fsp3) is 0.556. The minimum absolute atomic E-state index is 0.118. The first-order chi connectivity index (χ1) is 12.6. The lowest BCUT2D eigenvalue weighted by atomic mass is 10.1. The predicted octanol–water partition coefficient (Wildman–Crippen LogP) is 1.73. The summed E-state index contributed by atoms with van der Waals surface area (Å²) in [5.74, 6) is 1.40. The molecule has 1 heterocycles. The van der Waals surface area contributed by atoms with Gasteiger partial charge in [-0.05, 0) is 31.0 Å². The number of rotatable bonds is 6. The Labute approximate surface area is 154 Å². The number of ether oxygens (including phenoxy) is 3. The summed E-state index contributed by atoms with van der Waals surface area (Å²) >= 11 is 0. The van der Waals surface area contributed by atoms with E-state index in [2.05, 4.69) is 5.32 Å². The number of nitrogens with one attached hydrogen (secondary N) is 1. The Morgan fingerprint density at radius 2 is 1.77 bits per heavy atom. The summed E-state index contributed by atoms with van der Waals surface area (Å²) in [4.78, 5) is 27.0. The van der Waals surface area contributed by atoms with Crippen LogP contribution in [0.1, 0.15) is 12.5 Å². The first kappa shape index (κ1) is 19.7. The fourth-order valence-electron chi connectivity index (χ4n) is 2.79. The number of nitrogens with zero attached hydrogens (tertiary/aromatic N) is 2. The summed E-state index contributed by atoms with van der Waals surface area (Å²) in [6.45, 7) is 4.98. The molecule has 1 fully saturated rings. The van der Waals surface area contributed by atoms with Crippen molar-refractivity contribution in [3.63, 3.8) is 0 Å². The van der Waals surface area contributed by atoms with Gasteiger partial charge < -0.3 is 29.3 Å². The number of amides is 3. The van der Waals surface area contributed by atoms with Crippen molar-refractivity contribution in [1.29, 1.82) is 0 Å². The Bertz CT molecular complexity index is 615. The summed E-state index contributed by atoms with van der Waals surface area (Å²) in [7, 11) is 2.97. The van der Waals surface area contributed by atoms with Crippen molar-refractivity contribution in [3.8, 4) is 11.5 Å². The highest BCUT2D eigenvalue weighted by atomic mass is 16.5. The monoisotopic (exact) mass is 365 g/mol. The lowest BCUT2D eigenvalue weighted by Crippen LogP contribution is -2.53. The Morgan fingerprint density at radius 3 is 2.38 bits per heavy atom. The van der Waals surface area contributed by atoms with E-state index in [0.29, 0.717) is 57.3 Å². The minimum Gasteiger partial charge on any atom is -0.493 e. The van der Waals surface area contributed by atoms with Crippen LogP contribution in [0.5, 0.6) is 11.5 Å². The molecule has 1 N–H and O–H groups in total. The van der Waals surface area contributed by atoms with Crippen LogP contribution in [0.2, 0.25) is 0 Å². The van der Waals surface area contributed by atoms with Crippen LogP contribution in [0, 0.1) is 0 Å². The van der Waals surface area contributed by atoms with Crippen molar-refractivity contribution in [2.45, 2.75) is 13.3 Å². The van der Waals surface area contributed by atoms with E-state index >= 15 is 0 Å². The molecule has 1 aromatic rings. The van der Waals surface area contributed by atoms with Crippen LogP contribution in [0.25, 0.3) is 0 Å². The molecule has 0 radical (unpaired) electrons. The number of carbonyl (C=O) groups is 2. The summed E-state index contributed by atoms with van der Waals surface area (Å²) in [5.41, 5.74) is 1.06. The van der Waals surface area contributed by atoms with Gasteiger partial charge in [-0.15, -0.1) is 0 Å². The number of carbonyl (C=O) groups excluding carboxylic acids is 2. The van der Waals surface area contributed by atoms with Crippen LogP contribution in [-0.2, 0) is 11.2 Å². The Morgan fingerprint density at radius 1 is 1.08 bits per heavy atom. The molecule has 1 aliphatic rings. The topological polar surface area (TPSA) is 80.3 Å². The van der Waals surface area contributed by atoms with Gasteiger partial charge >= 0.3 is 12.1 Å². The number of benzene rings is 1. The Hall–Kier alpha value is -2.64. The third kappa shape index (κ3) is 5.18. The van der Waals surface area contributed by atoms with Crippen molar-refractivity contribution < 1.29 is 23.8 Å². The van der Waals surface area contributed by atoms with Crippen molar-refractivity contribution >= 4 is 12.1 Å². The molecule has 1 aliphatic heterocycles. The van der Waals surface area contributed by atoms with Crippen molar-refractivity contribution in [2.24, 2.45) is 0 Å². The van der Waals surface area contributed by atoms with E-state index in [0.717, 1.165) is 5.56 Å². The number of hydrogen-bond donors (Lipinski definition) is 1. The molecule has 0 spiro atoms. The van der Waals surface area contributed by atoms with Gasteiger partial charge in [0.2, 0.25) is 0 Å². The van der Waals surface area contributed by atoms with Crippen LogP contribution in [0.15, 0.2) is 18.2 Å². The van der Waals surface area contributed by atoms with Gasteiger partial charge in [-0.25, -0.2) is 9.59 Å². The number of piperazine rings is 1. The number of methoxy groups -OCH3 is 2. The first-order valence-corrected chi connectivity index (χ1v) is 8.74. The van der Waals surface area contributed by atoms with E-state index in [-0.39, 0.29) is 12.1 Å². The van der Waals surface area contributed by atoms with Gasteiger partial charge in [-0.1, -0.05) is 6.07 Å². The molecule has 2 rings (SSSR count). The Kier molecular flexibility index (Phi) is 7.37. The summed E-state index contributed by atoms with van der Waals surface area (Å²) in [5, 5.41) is 2.92. The van der Waals surface area contributed by atoms with Crippen LogP contribution in [-0.4, -0.2) is 75.5 Å². The van der Waals surface area contributed by atoms with Crippen LogP contribution in [0.3, 0.4) is 0 Å². The van der Waals surface area contributed by atoms with Gasteiger partial charge in [0.1, 0.15) is 0 Å². The lowest BCUT2D eigenvalue weighted by Gasteiger charge is -2.33. The molecule has 0 unspecified atom stereocenters. The molecule has 3 amide bonds. The normalized spacial score (nSPS) is 14.0. The molecule has 0 aromatic heterocycles. The highest BCUT2D eigenvalue weighted by Gasteiger charge is 2.24. The molecule has 0 aliphatic carbocycles. The maximum atomic E-state index is 12.2. The second-order valence-corrected chi connectivity index (χ2v) is 5.84. The maximum absolute atomic E-state index is 12.2. The standard InChI is InChI=1S/C18H27N3O5/c1-4-26-15-6-5-14(13-16(15)24-2)7-8-19-17(22)20-9-11-21(12-10-20)18(23)25-3/h5-6,13H,4,7-12H2,1-3H3,(H,19,22). The Balaban J connectivity index is 1.77. The molecule has 1 saturated heterocycles. The van der Waals surface area contributed by atoms with Gasteiger partial charge in [-0.2, -0.15) is 0 Å². The highest BCUT2D eigenvalue weighted by Crippen LogP contribution is 2.28. The van der Waals surface area contributed by atoms with Crippen LogP contribution in [0.4, 0.5) is 9.59 Å². The SMILES string of the molecule is CCOc1ccc(CCNC(=O)N2CCN(C(=O)OC)CC2)cc1OC. The van der Waals surface area contributed by atoms with E-state index in [4.69, 9.17) is 14.2 Å². The lowest BCUT2D eigenvalue weighted by molar-refractivity contribution is 0.0971. The van der Waals surface area contributed by atoms with Crippen molar-refractivity contribution in [3.05, 3.63) is 23.8 Å². The van der Waals surface area contributed by atoms with Gasteiger partial charge in [0, 0.05) is 32.7 Å². The van der Waals surface area contributed by atoms with Gasteiger partial charge in [0.15, 0.2) is 11.5 Å². The van der Waals surface area contributed by atoms with Crippen molar-refractivity contribution in [2.75, 3.05) is 53.6 Å². The molecule has 0 bridgehead atoms. The molecule has 144 valence electrons. The maximum Gasteiger partial charge on any atom is 0.409 e. The first-order valence-electron chi connectivity index (χ1n) is 8.74. The predicted molar refractivity (Wildman–Crippen MR) is 96.8 cm³/mol. The van der Waals surface area contributed by atoms with Crippen LogP contribution < -0.4 is 14.8 Å².